The van der Waals surface area contributed by atoms with Crippen LogP contribution in [0.4, 0.5) is 0 Å². The zero-order valence-electron chi connectivity index (χ0n) is 11.9. The van der Waals surface area contributed by atoms with Crippen molar-refractivity contribution in [3.05, 3.63) is 65.2 Å². The molecule has 0 bridgehead atoms. The Morgan fingerprint density at radius 3 is 2.24 bits per heavy atom. The summed E-state index contributed by atoms with van der Waals surface area (Å²) in [5.74, 6) is 0. The fourth-order valence-corrected chi connectivity index (χ4v) is 4.13. The van der Waals surface area contributed by atoms with Gasteiger partial charge in [-0.1, -0.05) is 61.0 Å². The summed E-state index contributed by atoms with van der Waals surface area (Å²) in [5.41, 5.74) is 0.960. The molecule has 0 atom stereocenters. The lowest BCUT2D eigenvalue weighted by atomic mass is 10.2. The molecule has 0 heterocycles. The van der Waals surface area contributed by atoms with Crippen molar-refractivity contribution in [2.75, 3.05) is 6.54 Å². The predicted octanol–water partition coefficient (Wildman–Crippen LogP) is 3.94. The monoisotopic (exact) mass is 323 g/mol. The van der Waals surface area contributed by atoms with E-state index in [2.05, 4.69) is 0 Å². The first kappa shape index (κ1) is 16.0. The summed E-state index contributed by atoms with van der Waals surface area (Å²) in [5, 5.41) is 0.256. The van der Waals surface area contributed by atoms with Crippen molar-refractivity contribution < 1.29 is 8.42 Å². The SMILES string of the molecule is CCCN(Cc1ccccc1)S(=O)(=O)c1ccccc1Cl. The van der Waals surface area contributed by atoms with Gasteiger partial charge in [-0.3, -0.25) is 0 Å². The molecule has 0 aliphatic heterocycles. The Morgan fingerprint density at radius 1 is 1.00 bits per heavy atom. The van der Waals surface area contributed by atoms with E-state index < -0.39 is 10.0 Å². The third-order valence-electron chi connectivity index (χ3n) is 3.13. The second-order valence-electron chi connectivity index (χ2n) is 4.75. The Hall–Kier alpha value is -1.36. The molecule has 0 unspecified atom stereocenters. The maximum Gasteiger partial charge on any atom is 0.244 e. The minimum absolute atomic E-state index is 0.163. The molecule has 112 valence electrons. The van der Waals surface area contributed by atoms with E-state index >= 15 is 0 Å². The lowest BCUT2D eigenvalue weighted by Gasteiger charge is -2.22. The molecule has 0 N–H and O–H groups in total. The molecule has 0 aliphatic carbocycles. The summed E-state index contributed by atoms with van der Waals surface area (Å²) in [7, 11) is -3.59. The van der Waals surface area contributed by atoms with E-state index in [1.807, 2.05) is 37.3 Å². The highest BCUT2D eigenvalue weighted by molar-refractivity contribution is 7.89. The molecule has 0 amide bonds. The van der Waals surface area contributed by atoms with Crippen LogP contribution in [0.3, 0.4) is 0 Å². The van der Waals surface area contributed by atoms with E-state index in [-0.39, 0.29) is 9.92 Å². The highest BCUT2D eigenvalue weighted by Crippen LogP contribution is 2.25. The number of benzene rings is 2. The van der Waals surface area contributed by atoms with Gasteiger partial charge in [-0.25, -0.2) is 8.42 Å². The van der Waals surface area contributed by atoms with Gasteiger partial charge >= 0.3 is 0 Å². The maximum atomic E-state index is 12.8. The summed E-state index contributed by atoms with van der Waals surface area (Å²) in [4.78, 5) is 0.163. The summed E-state index contributed by atoms with van der Waals surface area (Å²) in [6.07, 6.45) is 0.747. The summed E-state index contributed by atoms with van der Waals surface area (Å²) in [6.45, 7) is 2.77. The summed E-state index contributed by atoms with van der Waals surface area (Å²) in [6, 6.07) is 16.1. The Morgan fingerprint density at radius 2 is 1.62 bits per heavy atom. The molecule has 0 spiro atoms. The molecule has 0 saturated heterocycles. The van der Waals surface area contributed by atoms with Crippen LogP contribution in [0.1, 0.15) is 18.9 Å². The van der Waals surface area contributed by atoms with Crippen LogP contribution in [0.5, 0.6) is 0 Å². The molecule has 3 nitrogen and oxygen atoms in total. The van der Waals surface area contributed by atoms with Crippen LogP contribution in [0.25, 0.3) is 0 Å². The third-order valence-corrected chi connectivity index (χ3v) is 5.47. The highest BCUT2D eigenvalue weighted by Gasteiger charge is 2.25. The first-order chi connectivity index (χ1) is 10.1. The molecule has 5 heteroatoms. The lowest BCUT2D eigenvalue weighted by Crippen LogP contribution is -2.31. The Balaban J connectivity index is 2.35. The van der Waals surface area contributed by atoms with Gasteiger partial charge in [0.05, 0.1) is 5.02 Å². The topological polar surface area (TPSA) is 37.4 Å². The number of hydrogen-bond donors (Lipinski definition) is 0. The number of sulfonamides is 1. The normalized spacial score (nSPS) is 11.8. The first-order valence-corrected chi connectivity index (χ1v) is 8.66. The molecule has 2 rings (SSSR count). The van der Waals surface area contributed by atoms with Crippen LogP contribution >= 0.6 is 11.6 Å². The van der Waals surface area contributed by atoms with Crippen LogP contribution in [0.2, 0.25) is 5.02 Å². The average Bonchev–Trinajstić information content (AvgIpc) is 2.48. The predicted molar refractivity (Wildman–Crippen MR) is 85.8 cm³/mol. The van der Waals surface area contributed by atoms with Crippen LogP contribution in [0, 0.1) is 0 Å². The number of halogens is 1. The van der Waals surface area contributed by atoms with Gasteiger partial charge in [0, 0.05) is 13.1 Å². The minimum atomic E-state index is -3.59. The molecule has 0 fully saturated rings. The number of rotatable bonds is 6. The van der Waals surface area contributed by atoms with Gasteiger partial charge in [-0.05, 0) is 24.1 Å². The van der Waals surface area contributed by atoms with Crippen molar-refractivity contribution in [1.29, 1.82) is 0 Å². The van der Waals surface area contributed by atoms with Crippen molar-refractivity contribution in [3.8, 4) is 0 Å². The van der Waals surface area contributed by atoms with E-state index in [4.69, 9.17) is 11.6 Å². The van der Waals surface area contributed by atoms with Crippen LogP contribution in [0.15, 0.2) is 59.5 Å². The van der Waals surface area contributed by atoms with Gasteiger partial charge < -0.3 is 0 Å². The third kappa shape index (κ3) is 3.84. The van der Waals surface area contributed by atoms with Crippen molar-refractivity contribution in [1.82, 2.24) is 4.31 Å². The quantitative estimate of drug-likeness (QED) is 0.807. The molecule has 2 aromatic rings. The maximum absolute atomic E-state index is 12.8. The second kappa shape index (κ2) is 7.07. The minimum Gasteiger partial charge on any atom is -0.207 e. The van der Waals surface area contributed by atoms with E-state index in [0.29, 0.717) is 13.1 Å². The van der Waals surface area contributed by atoms with E-state index in [0.717, 1.165) is 12.0 Å². The van der Waals surface area contributed by atoms with Gasteiger partial charge in [0.2, 0.25) is 10.0 Å². The zero-order chi connectivity index (χ0) is 15.3. The molecule has 0 aromatic heterocycles. The Bertz CT molecular complexity index is 686. The smallest absolute Gasteiger partial charge is 0.207 e. The summed E-state index contributed by atoms with van der Waals surface area (Å²) >= 11 is 6.05. The molecule has 21 heavy (non-hydrogen) atoms. The molecule has 0 radical (unpaired) electrons. The fraction of sp³-hybridized carbons (Fsp3) is 0.250. The Kier molecular flexibility index (Phi) is 5.39. The first-order valence-electron chi connectivity index (χ1n) is 6.84. The molecule has 0 saturated carbocycles. The van der Waals surface area contributed by atoms with Gasteiger partial charge in [-0.15, -0.1) is 0 Å². The summed E-state index contributed by atoms with van der Waals surface area (Å²) < 4.78 is 27.1. The standard InChI is InChI=1S/C16H18ClNO2S/c1-2-12-18(13-14-8-4-3-5-9-14)21(19,20)16-11-7-6-10-15(16)17/h3-11H,2,12-13H2,1H3. The average molecular weight is 324 g/mol. The zero-order valence-corrected chi connectivity index (χ0v) is 13.4. The van der Waals surface area contributed by atoms with Crippen LogP contribution in [-0.4, -0.2) is 19.3 Å². The van der Waals surface area contributed by atoms with Gasteiger partial charge in [0.25, 0.3) is 0 Å². The van der Waals surface area contributed by atoms with Crippen LogP contribution < -0.4 is 0 Å². The van der Waals surface area contributed by atoms with Crippen molar-refractivity contribution in [2.24, 2.45) is 0 Å². The van der Waals surface area contributed by atoms with E-state index in [1.54, 1.807) is 24.3 Å². The largest absolute Gasteiger partial charge is 0.244 e. The Labute approximate surface area is 131 Å². The van der Waals surface area contributed by atoms with E-state index in [9.17, 15) is 8.42 Å². The van der Waals surface area contributed by atoms with Crippen LogP contribution in [-0.2, 0) is 16.6 Å². The lowest BCUT2D eigenvalue weighted by molar-refractivity contribution is 0.405. The second-order valence-corrected chi connectivity index (χ2v) is 7.07. The van der Waals surface area contributed by atoms with E-state index in [1.165, 1.54) is 4.31 Å². The number of hydrogen-bond acceptors (Lipinski definition) is 2. The highest BCUT2D eigenvalue weighted by atomic mass is 35.5. The van der Waals surface area contributed by atoms with Crippen molar-refractivity contribution in [2.45, 2.75) is 24.8 Å². The molecule has 0 aliphatic rings. The molecular formula is C16H18ClNO2S. The van der Waals surface area contributed by atoms with Crippen molar-refractivity contribution >= 4 is 21.6 Å². The van der Waals surface area contributed by atoms with Gasteiger partial charge in [-0.2, -0.15) is 4.31 Å². The van der Waals surface area contributed by atoms with Crippen molar-refractivity contribution in [3.63, 3.8) is 0 Å². The molecular weight excluding hydrogens is 306 g/mol. The number of nitrogens with zero attached hydrogens (tertiary/aromatic N) is 1. The van der Waals surface area contributed by atoms with Gasteiger partial charge in [0.15, 0.2) is 0 Å². The fourth-order valence-electron chi connectivity index (χ4n) is 2.11. The molecule has 2 aromatic carbocycles. The van der Waals surface area contributed by atoms with Gasteiger partial charge in [0.1, 0.15) is 4.90 Å².